The van der Waals surface area contributed by atoms with Crippen LogP contribution >= 0.6 is 34.8 Å². The fraction of sp³-hybridized carbons (Fsp3) is 0.667. The van der Waals surface area contributed by atoms with E-state index in [4.69, 9.17) is 40.3 Å². The van der Waals surface area contributed by atoms with Crippen LogP contribution in [0.15, 0.2) is 16.2 Å². The van der Waals surface area contributed by atoms with Crippen molar-refractivity contribution in [3.8, 4) is 0 Å². The van der Waals surface area contributed by atoms with Crippen LogP contribution in [0.1, 0.15) is 12.8 Å². The van der Waals surface area contributed by atoms with Crippen LogP contribution in [0.2, 0.25) is 0 Å². The van der Waals surface area contributed by atoms with Gasteiger partial charge in [0, 0.05) is 9.94 Å². The van der Waals surface area contributed by atoms with E-state index in [1.54, 1.807) is 0 Å². The standard InChI is InChI=1S/C6H6Cl3N3/c7-4-1-2-5(11-12-10)6(8,9)3-4/h3,5H,1-2H2. The zero-order chi connectivity index (χ0) is 9.19. The Morgan fingerprint density at radius 2 is 2.33 bits per heavy atom. The summed E-state index contributed by atoms with van der Waals surface area (Å²) in [7, 11) is 0. The minimum absolute atomic E-state index is 0.423. The van der Waals surface area contributed by atoms with Gasteiger partial charge in [0.2, 0.25) is 0 Å². The van der Waals surface area contributed by atoms with E-state index in [-0.39, 0.29) is 0 Å². The highest BCUT2D eigenvalue weighted by Gasteiger charge is 2.35. The normalized spacial score (nSPS) is 27.2. The number of nitrogens with zero attached hydrogens (tertiary/aromatic N) is 3. The Labute approximate surface area is 84.9 Å². The van der Waals surface area contributed by atoms with Gasteiger partial charge in [0.1, 0.15) is 4.33 Å². The summed E-state index contributed by atoms with van der Waals surface area (Å²) in [6, 6.07) is -0.423. The number of azide groups is 1. The summed E-state index contributed by atoms with van der Waals surface area (Å²) in [6.07, 6.45) is 2.76. The minimum atomic E-state index is -1.15. The summed E-state index contributed by atoms with van der Waals surface area (Å²) in [5, 5.41) is 4.10. The van der Waals surface area contributed by atoms with E-state index in [2.05, 4.69) is 10.0 Å². The first kappa shape index (κ1) is 10.0. The number of allylic oxidation sites excluding steroid dienone is 1. The van der Waals surface area contributed by atoms with Crippen LogP contribution in [-0.2, 0) is 0 Å². The molecule has 0 aromatic rings. The first-order valence-electron chi connectivity index (χ1n) is 3.35. The molecule has 0 spiro atoms. The molecule has 1 atom stereocenters. The van der Waals surface area contributed by atoms with Gasteiger partial charge in [0.25, 0.3) is 0 Å². The molecule has 0 radical (unpaired) electrons. The van der Waals surface area contributed by atoms with Gasteiger partial charge in [0.15, 0.2) is 0 Å². The van der Waals surface area contributed by atoms with Gasteiger partial charge in [-0.2, -0.15) is 0 Å². The van der Waals surface area contributed by atoms with E-state index in [9.17, 15) is 0 Å². The second kappa shape index (κ2) is 3.75. The highest BCUT2D eigenvalue weighted by atomic mass is 35.5. The molecule has 0 heterocycles. The predicted octanol–water partition coefficient (Wildman–Crippen LogP) is 3.76. The average molecular weight is 226 g/mol. The van der Waals surface area contributed by atoms with Gasteiger partial charge in [-0.05, 0) is 24.4 Å². The summed E-state index contributed by atoms with van der Waals surface area (Å²) >= 11 is 17.4. The summed E-state index contributed by atoms with van der Waals surface area (Å²) in [5.74, 6) is 0. The number of hydrogen-bond donors (Lipinski definition) is 0. The van der Waals surface area contributed by atoms with Crippen molar-refractivity contribution in [2.45, 2.75) is 23.2 Å². The van der Waals surface area contributed by atoms with E-state index < -0.39 is 10.4 Å². The van der Waals surface area contributed by atoms with Crippen LogP contribution in [0, 0.1) is 0 Å². The second-order valence-corrected chi connectivity index (χ2v) is 4.45. The monoisotopic (exact) mass is 225 g/mol. The smallest absolute Gasteiger partial charge is 0.0965 e. The lowest BCUT2D eigenvalue weighted by molar-refractivity contribution is 0.574. The molecule has 1 aliphatic carbocycles. The van der Waals surface area contributed by atoms with Gasteiger partial charge in [-0.15, -0.1) is 0 Å². The van der Waals surface area contributed by atoms with Crippen molar-refractivity contribution in [2.24, 2.45) is 5.11 Å². The molecule has 1 unspecified atom stereocenters. The first-order chi connectivity index (χ1) is 5.56. The van der Waals surface area contributed by atoms with Crippen molar-refractivity contribution >= 4 is 34.8 Å². The summed E-state index contributed by atoms with van der Waals surface area (Å²) < 4.78 is -1.15. The number of hydrogen-bond acceptors (Lipinski definition) is 1. The van der Waals surface area contributed by atoms with Gasteiger partial charge in [-0.25, -0.2) is 0 Å². The van der Waals surface area contributed by atoms with Gasteiger partial charge in [-0.1, -0.05) is 39.9 Å². The topological polar surface area (TPSA) is 48.8 Å². The predicted molar refractivity (Wildman–Crippen MR) is 50.5 cm³/mol. The van der Waals surface area contributed by atoms with Crippen LogP contribution in [0.25, 0.3) is 10.4 Å². The lowest BCUT2D eigenvalue weighted by Gasteiger charge is -2.27. The van der Waals surface area contributed by atoms with Crippen molar-refractivity contribution in [1.29, 1.82) is 0 Å². The molecule has 0 N–H and O–H groups in total. The molecule has 0 aromatic heterocycles. The van der Waals surface area contributed by atoms with E-state index in [0.29, 0.717) is 17.9 Å². The summed E-state index contributed by atoms with van der Waals surface area (Å²) in [4.78, 5) is 2.66. The Bertz CT molecular complexity index is 255. The molecular formula is C6H6Cl3N3. The van der Waals surface area contributed by atoms with Gasteiger partial charge < -0.3 is 0 Å². The second-order valence-electron chi connectivity index (χ2n) is 2.53. The fourth-order valence-corrected chi connectivity index (χ4v) is 2.00. The molecule has 66 valence electrons. The van der Waals surface area contributed by atoms with Crippen LogP contribution in [-0.4, -0.2) is 10.4 Å². The fourth-order valence-electron chi connectivity index (χ4n) is 1.04. The van der Waals surface area contributed by atoms with Gasteiger partial charge in [-0.3, -0.25) is 0 Å². The maximum absolute atomic E-state index is 8.20. The molecule has 0 saturated carbocycles. The molecule has 0 fully saturated rings. The SMILES string of the molecule is [N-]=[N+]=NC1CCC(Cl)=CC1(Cl)Cl. The first-order valence-corrected chi connectivity index (χ1v) is 4.49. The molecule has 0 bridgehead atoms. The van der Waals surface area contributed by atoms with Gasteiger partial charge >= 0.3 is 0 Å². The molecule has 1 rings (SSSR count). The van der Waals surface area contributed by atoms with Crippen LogP contribution in [0.3, 0.4) is 0 Å². The highest BCUT2D eigenvalue weighted by Crippen LogP contribution is 2.39. The Hall–Kier alpha value is -0.0800. The molecule has 0 aliphatic heterocycles. The summed E-state index contributed by atoms with van der Waals surface area (Å²) in [6.45, 7) is 0. The van der Waals surface area contributed by atoms with Crippen LogP contribution < -0.4 is 0 Å². The number of rotatable bonds is 1. The van der Waals surface area contributed by atoms with Crippen LogP contribution in [0.5, 0.6) is 0 Å². The molecular weight excluding hydrogens is 220 g/mol. The van der Waals surface area contributed by atoms with Gasteiger partial charge in [0.05, 0.1) is 6.04 Å². The Morgan fingerprint density at radius 1 is 1.67 bits per heavy atom. The Kier molecular flexibility index (Phi) is 3.13. The van der Waals surface area contributed by atoms with Crippen LogP contribution in [0.4, 0.5) is 0 Å². The molecule has 1 aliphatic rings. The third kappa shape index (κ3) is 2.20. The summed E-state index contributed by atoms with van der Waals surface area (Å²) in [5.41, 5.74) is 8.20. The van der Waals surface area contributed by atoms with Crippen molar-refractivity contribution in [1.82, 2.24) is 0 Å². The molecule has 3 nitrogen and oxygen atoms in total. The molecule has 0 saturated heterocycles. The number of halogens is 3. The third-order valence-corrected chi connectivity index (χ3v) is 2.66. The maximum atomic E-state index is 8.20. The third-order valence-electron chi connectivity index (χ3n) is 1.64. The van der Waals surface area contributed by atoms with E-state index in [1.807, 2.05) is 0 Å². The molecule has 0 aromatic carbocycles. The molecule has 0 amide bonds. The maximum Gasteiger partial charge on any atom is 0.146 e. The number of alkyl halides is 2. The largest absolute Gasteiger partial charge is 0.146 e. The highest BCUT2D eigenvalue weighted by molar-refractivity contribution is 6.51. The lowest BCUT2D eigenvalue weighted by Crippen LogP contribution is -2.30. The quantitative estimate of drug-likeness (QED) is 0.283. The molecule has 12 heavy (non-hydrogen) atoms. The van der Waals surface area contributed by atoms with Crippen molar-refractivity contribution < 1.29 is 0 Å². The Balaban J connectivity index is 2.88. The minimum Gasteiger partial charge on any atom is -0.0965 e. The average Bonchev–Trinajstić information content (AvgIpc) is 1.94. The lowest BCUT2D eigenvalue weighted by atomic mass is 10.0. The van der Waals surface area contributed by atoms with E-state index in [1.165, 1.54) is 6.08 Å². The van der Waals surface area contributed by atoms with Crippen molar-refractivity contribution in [3.63, 3.8) is 0 Å². The zero-order valence-electron chi connectivity index (χ0n) is 6.04. The Morgan fingerprint density at radius 3 is 2.83 bits per heavy atom. The van der Waals surface area contributed by atoms with E-state index in [0.717, 1.165) is 0 Å². The molecule has 6 heteroatoms. The zero-order valence-corrected chi connectivity index (χ0v) is 8.31. The van der Waals surface area contributed by atoms with Crippen molar-refractivity contribution in [3.05, 3.63) is 21.6 Å². The van der Waals surface area contributed by atoms with E-state index >= 15 is 0 Å². The van der Waals surface area contributed by atoms with Crippen molar-refractivity contribution in [2.75, 3.05) is 0 Å².